The van der Waals surface area contributed by atoms with Crippen LogP contribution in [0.15, 0.2) is 42.5 Å². The molecule has 0 bridgehead atoms. The van der Waals surface area contributed by atoms with Crippen LogP contribution in [0.25, 0.3) is 11.1 Å². The van der Waals surface area contributed by atoms with Crippen molar-refractivity contribution >= 4 is 0 Å². The van der Waals surface area contributed by atoms with Gasteiger partial charge in [-0.1, -0.05) is 31.2 Å². The first-order valence-corrected chi connectivity index (χ1v) is 5.71. The summed E-state index contributed by atoms with van der Waals surface area (Å²) in [6.45, 7) is 2.12. The summed E-state index contributed by atoms with van der Waals surface area (Å²) in [5, 5.41) is 9.89. The summed E-state index contributed by atoms with van der Waals surface area (Å²) in [7, 11) is 1.62. The fraction of sp³-hybridized carbons (Fsp3) is 0.200. The minimum Gasteiger partial charge on any atom is -0.507 e. The number of benzene rings is 2. The molecule has 0 heterocycles. The molecule has 0 atom stereocenters. The highest BCUT2D eigenvalue weighted by atomic mass is 16.5. The zero-order chi connectivity index (χ0) is 12.3. The van der Waals surface area contributed by atoms with Gasteiger partial charge in [-0.15, -0.1) is 0 Å². The molecular weight excluding hydrogens is 212 g/mol. The monoisotopic (exact) mass is 228 g/mol. The fourth-order valence-electron chi connectivity index (χ4n) is 1.83. The van der Waals surface area contributed by atoms with Gasteiger partial charge in [0.05, 0.1) is 7.11 Å². The van der Waals surface area contributed by atoms with Crippen molar-refractivity contribution in [1.29, 1.82) is 0 Å². The van der Waals surface area contributed by atoms with Crippen molar-refractivity contribution in [2.75, 3.05) is 7.11 Å². The van der Waals surface area contributed by atoms with Gasteiger partial charge < -0.3 is 9.84 Å². The van der Waals surface area contributed by atoms with Crippen molar-refractivity contribution in [3.05, 3.63) is 48.0 Å². The lowest BCUT2D eigenvalue weighted by molar-refractivity contribution is 0.412. The largest absolute Gasteiger partial charge is 0.507 e. The molecule has 88 valence electrons. The van der Waals surface area contributed by atoms with E-state index in [2.05, 4.69) is 19.1 Å². The van der Waals surface area contributed by atoms with Gasteiger partial charge in [-0.2, -0.15) is 0 Å². The Balaban J connectivity index is 2.50. The minimum atomic E-state index is 0.277. The maximum Gasteiger partial charge on any atom is 0.123 e. The van der Waals surface area contributed by atoms with Crippen molar-refractivity contribution in [2.45, 2.75) is 13.3 Å². The van der Waals surface area contributed by atoms with Gasteiger partial charge in [0.25, 0.3) is 0 Å². The number of methoxy groups -OCH3 is 1. The summed E-state index contributed by atoms with van der Waals surface area (Å²) in [4.78, 5) is 0. The van der Waals surface area contributed by atoms with Crippen LogP contribution in [-0.4, -0.2) is 12.2 Å². The second-order valence-electron chi connectivity index (χ2n) is 3.94. The number of ether oxygens (including phenoxy) is 1. The molecule has 0 aromatic heterocycles. The molecule has 0 saturated heterocycles. The van der Waals surface area contributed by atoms with E-state index in [0.29, 0.717) is 0 Å². The van der Waals surface area contributed by atoms with E-state index in [1.165, 1.54) is 5.56 Å². The highest BCUT2D eigenvalue weighted by Crippen LogP contribution is 2.32. The maximum absolute atomic E-state index is 9.89. The Morgan fingerprint density at radius 1 is 1.12 bits per heavy atom. The average Bonchev–Trinajstić information content (AvgIpc) is 2.39. The number of phenols is 1. The predicted octanol–water partition coefficient (Wildman–Crippen LogP) is 3.63. The molecular formula is C15H16O2. The van der Waals surface area contributed by atoms with E-state index in [9.17, 15) is 5.11 Å². The van der Waals surface area contributed by atoms with Crippen LogP contribution >= 0.6 is 0 Å². The molecule has 0 spiro atoms. The summed E-state index contributed by atoms with van der Waals surface area (Å²) in [5.74, 6) is 1.03. The van der Waals surface area contributed by atoms with Crippen molar-refractivity contribution in [3.8, 4) is 22.6 Å². The first-order valence-electron chi connectivity index (χ1n) is 5.71. The van der Waals surface area contributed by atoms with E-state index in [-0.39, 0.29) is 5.75 Å². The highest BCUT2D eigenvalue weighted by molar-refractivity contribution is 5.72. The third-order valence-electron chi connectivity index (χ3n) is 2.85. The Labute approximate surface area is 101 Å². The molecule has 2 heteroatoms. The normalized spacial score (nSPS) is 10.2. The SMILES string of the molecule is CCc1cccc(-c2cc(OC)ccc2O)c1. The van der Waals surface area contributed by atoms with Crippen LogP contribution in [0.3, 0.4) is 0 Å². The van der Waals surface area contributed by atoms with Crippen LogP contribution in [0, 0.1) is 0 Å². The van der Waals surface area contributed by atoms with Gasteiger partial charge >= 0.3 is 0 Å². The molecule has 0 unspecified atom stereocenters. The molecule has 0 aliphatic heterocycles. The van der Waals surface area contributed by atoms with Gasteiger partial charge in [0, 0.05) is 5.56 Å². The van der Waals surface area contributed by atoms with Crippen LogP contribution in [0.1, 0.15) is 12.5 Å². The molecule has 0 aliphatic carbocycles. The zero-order valence-electron chi connectivity index (χ0n) is 10.1. The molecule has 0 fully saturated rings. The summed E-state index contributed by atoms with van der Waals surface area (Å²) in [6, 6.07) is 13.4. The first-order chi connectivity index (χ1) is 8.24. The Morgan fingerprint density at radius 2 is 1.94 bits per heavy atom. The minimum absolute atomic E-state index is 0.277. The van der Waals surface area contributed by atoms with Crippen molar-refractivity contribution in [1.82, 2.24) is 0 Å². The average molecular weight is 228 g/mol. The van der Waals surface area contributed by atoms with Crippen LogP contribution in [0.2, 0.25) is 0 Å². The molecule has 2 rings (SSSR count). The Hall–Kier alpha value is -1.96. The lowest BCUT2D eigenvalue weighted by Crippen LogP contribution is -1.86. The second-order valence-corrected chi connectivity index (χ2v) is 3.94. The van der Waals surface area contributed by atoms with Crippen LogP contribution in [-0.2, 0) is 6.42 Å². The van der Waals surface area contributed by atoms with Gasteiger partial charge in [-0.25, -0.2) is 0 Å². The summed E-state index contributed by atoms with van der Waals surface area (Å²) in [6.07, 6.45) is 0.985. The van der Waals surface area contributed by atoms with Crippen molar-refractivity contribution in [3.63, 3.8) is 0 Å². The van der Waals surface area contributed by atoms with Crippen molar-refractivity contribution in [2.24, 2.45) is 0 Å². The van der Waals surface area contributed by atoms with Crippen LogP contribution < -0.4 is 4.74 Å². The van der Waals surface area contributed by atoms with E-state index < -0.39 is 0 Å². The Kier molecular flexibility index (Phi) is 3.33. The quantitative estimate of drug-likeness (QED) is 0.869. The molecule has 0 radical (unpaired) electrons. The lowest BCUT2D eigenvalue weighted by atomic mass is 10.0. The molecule has 0 saturated carbocycles. The molecule has 0 aliphatic rings. The van der Waals surface area contributed by atoms with Gasteiger partial charge in [0.2, 0.25) is 0 Å². The predicted molar refractivity (Wildman–Crippen MR) is 69.5 cm³/mol. The number of aromatic hydroxyl groups is 1. The lowest BCUT2D eigenvalue weighted by Gasteiger charge is -2.08. The molecule has 17 heavy (non-hydrogen) atoms. The number of rotatable bonds is 3. The topological polar surface area (TPSA) is 29.5 Å². The van der Waals surface area contributed by atoms with Gasteiger partial charge in [0.15, 0.2) is 0 Å². The molecule has 0 amide bonds. The van der Waals surface area contributed by atoms with E-state index in [1.54, 1.807) is 19.2 Å². The molecule has 2 aromatic rings. The summed E-state index contributed by atoms with van der Waals surface area (Å²) in [5.41, 5.74) is 3.07. The van der Waals surface area contributed by atoms with Gasteiger partial charge in [-0.05, 0) is 35.7 Å². The number of hydrogen-bond donors (Lipinski definition) is 1. The van der Waals surface area contributed by atoms with E-state index in [0.717, 1.165) is 23.3 Å². The van der Waals surface area contributed by atoms with E-state index in [4.69, 9.17) is 4.74 Å². The standard InChI is InChI=1S/C15H16O2/c1-3-11-5-4-6-12(9-11)14-10-13(17-2)7-8-15(14)16/h4-10,16H,3H2,1-2H3. The van der Waals surface area contributed by atoms with Gasteiger partial charge in [0.1, 0.15) is 11.5 Å². The fourth-order valence-corrected chi connectivity index (χ4v) is 1.83. The highest BCUT2D eigenvalue weighted by Gasteiger charge is 2.06. The maximum atomic E-state index is 9.89. The molecule has 2 aromatic carbocycles. The summed E-state index contributed by atoms with van der Waals surface area (Å²) < 4.78 is 5.18. The third-order valence-corrected chi connectivity index (χ3v) is 2.85. The van der Waals surface area contributed by atoms with Gasteiger partial charge in [-0.3, -0.25) is 0 Å². The number of hydrogen-bond acceptors (Lipinski definition) is 2. The van der Waals surface area contributed by atoms with E-state index in [1.807, 2.05) is 18.2 Å². The van der Waals surface area contributed by atoms with Crippen LogP contribution in [0.5, 0.6) is 11.5 Å². The van der Waals surface area contributed by atoms with Crippen LogP contribution in [0.4, 0.5) is 0 Å². The molecule has 2 nitrogen and oxygen atoms in total. The third kappa shape index (κ3) is 2.41. The Bertz CT molecular complexity index is 518. The smallest absolute Gasteiger partial charge is 0.123 e. The molecule has 1 N–H and O–H groups in total. The number of aryl methyl sites for hydroxylation is 1. The number of phenolic OH excluding ortho intramolecular Hbond substituents is 1. The first kappa shape index (κ1) is 11.5. The van der Waals surface area contributed by atoms with Crippen molar-refractivity contribution < 1.29 is 9.84 Å². The second kappa shape index (κ2) is 4.91. The van der Waals surface area contributed by atoms with E-state index >= 15 is 0 Å². The Morgan fingerprint density at radius 3 is 2.65 bits per heavy atom. The zero-order valence-corrected chi connectivity index (χ0v) is 10.1. The summed E-state index contributed by atoms with van der Waals surface area (Å²) >= 11 is 0.